The van der Waals surface area contributed by atoms with E-state index >= 15 is 0 Å². The molecule has 0 bridgehead atoms. The van der Waals surface area contributed by atoms with Gasteiger partial charge in [0.15, 0.2) is 11.5 Å². The van der Waals surface area contributed by atoms with E-state index in [2.05, 4.69) is 4.72 Å². The van der Waals surface area contributed by atoms with Gasteiger partial charge in [-0.25, -0.2) is 8.42 Å². The minimum absolute atomic E-state index is 0.118. The Hall–Kier alpha value is -2.35. The first-order valence-electron chi connectivity index (χ1n) is 7.88. The Morgan fingerprint density at radius 3 is 2.27 bits per heavy atom. The summed E-state index contributed by atoms with van der Waals surface area (Å²) < 4.78 is 39.1. The molecule has 0 fully saturated rings. The molecule has 1 heterocycles. The number of hydrogen-bond acceptors (Lipinski definition) is 5. The summed E-state index contributed by atoms with van der Waals surface area (Å²) >= 11 is 1.50. The zero-order valence-corrected chi connectivity index (χ0v) is 16.0. The predicted octanol–water partition coefficient (Wildman–Crippen LogP) is 3.83. The van der Waals surface area contributed by atoms with E-state index in [1.165, 1.54) is 37.7 Å². The molecule has 3 aromatic rings. The normalized spacial score (nSPS) is 12.5. The topological polar surface area (TPSA) is 64.6 Å². The molecule has 7 heteroatoms. The molecule has 0 aliphatic carbocycles. The highest BCUT2D eigenvalue weighted by Gasteiger charge is 2.24. The highest BCUT2D eigenvalue weighted by molar-refractivity contribution is 7.89. The van der Waals surface area contributed by atoms with Gasteiger partial charge < -0.3 is 9.47 Å². The van der Waals surface area contributed by atoms with Gasteiger partial charge in [0.1, 0.15) is 0 Å². The van der Waals surface area contributed by atoms with Crippen LogP contribution in [0.1, 0.15) is 16.5 Å². The van der Waals surface area contributed by atoms with Crippen molar-refractivity contribution in [3.8, 4) is 11.5 Å². The fourth-order valence-corrected chi connectivity index (χ4v) is 4.69. The minimum Gasteiger partial charge on any atom is -0.493 e. The lowest BCUT2D eigenvalue weighted by Gasteiger charge is -2.19. The molecule has 2 aromatic carbocycles. The number of rotatable bonds is 7. The molecule has 0 saturated carbocycles. The second-order valence-corrected chi connectivity index (χ2v) is 8.19. The zero-order valence-electron chi connectivity index (χ0n) is 14.4. The lowest BCUT2D eigenvalue weighted by molar-refractivity contribution is 0.354. The van der Waals surface area contributed by atoms with Crippen molar-refractivity contribution in [2.45, 2.75) is 10.9 Å². The van der Waals surface area contributed by atoms with E-state index in [1.807, 2.05) is 47.8 Å². The summed E-state index contributed by atoms with van der Waals surface area (Å²) in [5.74, 6) is 0.840. The van der Waals surface area contributed by atoms with Crippen LogP contribution in [0.5, 0.6) is 11.5 Å². The van der Waals surface area contributed by atoms with Crippen LogP contribution in [0.3, 0.4) is 0 Å². The molecular formula is C19H19NO4S2. The van der Waals surface area contributed by atoms with Crippen LogP contribution in [0.2, 0.25) is 0 Å². The molecule has 5 nitrogen and oxygen atoms in total. The number of ether oxygens (including phenoxy) is 2. The Bertz CT molecular complexity index is 954. The largest absolute Gasteiger partial charge is 0.493 e. The Morgan fingerprint density at radius 1 is 0.923 bits per heavy atom. The van der Waals surface area contributed by atoms with Gasteiger partial charge in [-0.1, -0.05) is 36.4 Å². The molecule has 1 atom stereocenters. The van der Waals surface area contributed by atoms with Crippen LogP contribution < -0.4 is 14.2 Å². The van der Waals surface area contributed by atoms with Gasteiger partial charge in [0.2, 0.25) is 10.0 Å². The van der Waals surface area contributed by atoms with E-state index in [-0.39, 0.29) is 4.90 Å². The zero-order chi connectivity index (χ0) is 18.6. The Balaban J connectivity index is 1.98. The fourth-order valence-electron chi connectivity index (χ4n) is 2.60. The van der Waals surface area contributed by atoms with Crippen LogP contribution in [0.4, 0.5) is 0 Å². The molecule has 1 aromatic heterocycles. The number of sulfonamides is 1. The predicted molar refractivity (Wildman–Crippen MR) is 102 cm³/mol. The van der Waals surface area contributed by atoms with Crippen LogP contribution >= 0.6 is 11.3 Å². The van der Waals surface area contributed by atoms with E-state index in [0.29, 0.717) is 11.5 Å². The van der Waals surface area contributed by atoms with Crippen LogP contribution in [-0.2, 0) is 10.0 Å². The van der Waals surface area contributed by atoms with Gasteiger partial charge in [-0.15, -0.1) is 11.3 Å². The van der Waals surface area contributed by atoms with Gasteiger partial charge in [0.25, 0.3) is 0 Å². The van der Waals surface area contributed by atoms with Crippen LogP contribution in [0.25, 0.3) is 0 Å². The summed E-state index contributed by atoms with van der Waals surface area (Å²) in [7, 11) is -0.791. The number of hydrogen-bond donors (Lipinski definition) is 1. The molecule has 136 valence electrons. The summed E-state index contributed by atoms with van der Waals surface area (Å²) in [5.41, 5.74) is 0.874. The van der Waals surface area contributed by atoms with Gasteiger partial charge in [-0.2, -0.15) is 4.72 Å². The molecule has 0 aliphatic rings. The van der Waals surface area contributed by atoms with E-state index in [1.54, 1.807) is 6.07 Å². The number of methoxy groups -OCH3 is 2. The molecule has 3 rings (SSSR count). The maximum Gasteiger partial charge on any atom is 0.241 e. The molecule has 0 radical (unpaired) electrons. The first kappa shape index (κ1) is 18.4. The smallest absolute Gasteiger partial charge is 0.241 e. The molecule has 26 heavy (non-hydrogen) atoms. The standard InChI is InChI=1S/C19H19NO4S2/c1-23-16-11-10-15(13-17(16)24-2)26(21,22)20-19(18-9-6-12-25-18)14-7-4-3-5-8-14/h3-13,19-20H,1-2H3/t19-/m1/s1. The quantitative estimate of drug-likeness (QED) is 0.667. The molecule has 0 unspecified atom stereocenters. The summed E-state index contributed by atoms with van der Waals surface area (Å²) in [4.78, 5) is 1.04. The number of nitrogens with one attached hydrogen (secondary N) is 1. The van der Waals surface area contributed by atoms with Crippen molar-refractivity contribution in [2.24, 2.45) is 0 Å². The molecule has 0 aliphatic heterocycles. The minimum atomic E-state index is -3.77. The van der Waals surface area contributed by atoms with Crippen LogP contribution in [0, 0.1) is 0 Å². The average molecular weight is 389 g/mol. The summed E-state index contributed by atoms with van der Waals surface area (Å²) in [6, 6.07) is 17.4. The van der Waals surface area contributed by atoms with E-state index < -0.39 is 16.1 Å². The third-order valence-electron chi connectivity index (χ3n) is 3.90. The Kier molecular flexibility index (Phi) is 5.61. The van der Waals surface area contributed by atoms with Crippen molar-refractivity contribution >= 4 is 21.4 Å². The average Bonchev–Trinajstić information content (AvgIpc) is 3.20. The van der Waals surface area contributed by atoms with Crippen molar-refractivity contribution in [3.05, 3.63) is 76.5 Å². The van der Waals surface area contributed by atoms with Gasteiger partial charge in [0.05, 0.1) is 25.2 Å². The van der Waals surface area contributed by atoms with Crippen molar-refractivity contribution in [3.63, 3.8) is 0 Å². The van der Waals surface area contributed by atoms with E-state index in [4.69, 9.17) is 9.47 Å². The first-order valence-corrected chi connectivity index (χ1v) is 10.2. The fraction of sp³-hybridized carbons (Fsp3) is 0.158. The SMILES string of the molecule is COc1ccc(S(=O)(=O)N[C@H](c2ccccc2)c2cccs2)cc1OC. The van der Waals surface area contributed by atoms with Crippen molar-refractivity contribution in [1.29, 1.82) is 0 Å². The van der Waals surface area contributed by atoms with Crippen molar-refractivity contribution in [1.82, 2.24) is 4.72 Å². The summed E-state index contributed by atoms with van der Waals surface area (Å²) in [6.45, 7) is 0. The molecular weight excluding hydrogens is 370 g/mol. The maximum absolute atomic E-state index is 13.0. The second kappa shape index (κ2) is 7.90. The first-order chi connectivity index (χ1) is 12.5. The van der Waals surface area contributed by atoms with Gasteiger partial charge in [-0.3, -0.25) is 0 Å². The van der Waals surface area contributed by atoms with Gasteiger partial charge >= 0.3 is 0 Å². The maximum atomic E-state index is 13.0. The molecule has 0 spiro atoms. The second-order valence-electron chi connectivity index (χ2n) is 5.50. The summed E-state index contributed by atoms with van der Waals surface area (Å²) in [6.07, 6.45) is 0. The lowest BCUT2D eigenvalue weighted by atomic mass is 10.1. The number of benzene rings is 2. The monoisotopic (exact) mass is 389 g/mol. The van der Waals surface area contributed by atoms with E-state index in [0.717, 1.165) is 10.4 Å². The number of thiophene rings is 1. The third kappa shape index (κ3) is 3.90. The highest BCUT2D eigenvalue weighted by atomic mass is 32.2. The van der Waals surface area contributed by atoms with Crippen molar-refractivity contribution in [2.75, 3.05) is 14.2 Å². The van der Waals surface area contributed by atoms with Crippen LogP contribution in [0.15, 0.2) is 70.9 Å². The van der Waals surface area contributed by atoms with Gasteiger partial charge in [-0.05, 0) is 29.1 Å². The van der Waals surface area contributed by atoms with Crippen molar-refractivity contribution < 1.29 is 17.9 Å². The van der Waals surface area contributed by atoms with Crippen LogP contribution in [-0.4, -0.2) is 22.6 Å². The summed E-state index contributed by atoms with van der Waals surface area (Å²) in [5, 5.41) is 1.93. The molecule has 0 saturated heterocycles. The Morgan fingerprint density at radius 2 is 1.65 bits per heavy atom. The van der Waals surface area contributed by atoms with E-state index in [9.17, 15) is 8.42 Å². The molecule has 0 amide bonds. The molecule has 1 N–H and O–H groups in total. The highest BCUT2D eigenvalue weighted by Crippen LogP contribution is 2.32. The van der Waals surface area contributed by atoms with Gasteiger partial charge in [0, 0.05) is 10.9 Å². The third-order valence-corrected chi connectivity index (χ3v) is 6.26. The Labute approximate surface area is 157 Å². The lowest BCUT2D eigenvalue weighted by Crippen LogP contribution is -2.29.